The number of aryl methyl sites for hydroxylation is 1. The molecule has 1 atom stereocenters. The lowest BCUT2D eigenvalue weighted by Gasteiger charge is -2.18. The Kier molecular flexibility index (Phi) is 4.62. The van der Waals surface area contributed by atoms with E-state index in [-0.39, 0.29) is 0 Å². The van der Waals surface area contributed by atoms with Crippen molar-refractivity contribution < 1.29 is 5.11 Å². The fraction of sp³-hybridized carbons (Fsp3) is 0.261. The zero-order valence-electron chi connectivity index (χ0n) is 16.2. The third-order valence-corrected chi connectivity index (χ3v) is 6.00. The normalized spacial score (nSPS) is 12.9. The first-order valence-corrected chi connectivity index (χ1v) is 10.1. The highest BCUT2D eigenvalue weighted by molar-refractivity contribution is 7.17. The highest BCUT2D eigenvalue weighted by Crippen LogP contribution is 2.42. The van der Waals surface area contributed by atoms with E-state index in [1.165, 1.54) is 5.56 Å². The molecule has 0 saturated heterocycles. The highest BCUT2D eigenvalue weighted by atomic mass is 32.1. The Morgan fingerprint density at radius 3 is 2.59 bits per heavy atom. The summed E-state index contributed by atoms with van der Waals surface area (Å²) in [4.78, 5) is 6.89. The number of thiophene rings is 1. The monoisotopic (exact) mass is 376 g/mol. The first kappa shape index (κ1) is 18.0. The molecule has 0 radical (unpaired) electrons. The number of nitrogens with zero attached hydrogens (tertiary/aromatic N) is 2. The number of likely N-dealkylation sites (N-methyl/N-ethyl adjacent to an activating group) is 1. The van der Waals surface area contributed by atoms with Gasteiger partial charge in [-0.05, 0) is 61.1 Å². The van der Waals surface area contributed by atoms with Crippen LogP contribution in [0.2, 0.25) is 0 Å². The number of pyridine rings is 1. The van der Waals surface area contributed by atoms with Crippen LogP contribution in [0.1, 0.15) is 24.0 Å². The summed E-state index contributed by atoms with van der Waals surface area (Å²) >= 11 is 1.68. The summed E-state index contributed by atoms with van der Waals surface area (Å²) in [5.74, 6) is 0.775. The Hall–Kier alpha value is -2.43. The van der Waals surface area contributed by atoms with Gasteiger partial charge in [0, 0.05) is 29.1 Å². The lowest BCUT2D eigenvalue weighted by Crippen LogP contribution is -2.18. The summed E-state index contributed by atoms with van der Waals surface area (Å²) < 4.78 is 1.14. The Labute approximate surface area is 163 Å². The van der Waals surface area contributed by atoms with Gasteiger partial charge in [-0.2, -0.15) is 0 Å². The number of rotatable bonds is 4. The maximum atomic E-state index is 10.8. The van der Waals surface area contributed by atoms with Gasteiger partial charge in [-0.3, -0.25) is 4.98 Å². The number of fused-ring (bicyclic) bond motifs is 3. The number of hydrogen-bond donors (Lipinski definition) is 1. The topological polar surface area (TPSA) is 36.4 Å². The maximum absolute atomic E-state index is 10.8. The zero-order chi connectivity index (χ0) is 19.1. The molecule has 138 valence electrons. The van der Waals surface area contributed by atoms with Crippen molar-refractivity contribution in [2.75, 3.05) is 20.6 Å². The summed E-state index contributed by atoms with van der Waals surface area (Å²) in [5.41, 5.74) is 5.16. The standard InChI is InChI=1S/C23H24N2OS/c1-14-11-19(26)21(22-18-9-10-27-20(18)12-24-23(14)22)17-7-5-16(6-8-17)15(2)13-25(3)4/h5-12,15,26H,13H2,1-4H3/t15-/m1/s1. The van der Waals surface area contributed by atoms with Crippen LogP contribution >= 0.6 is 11.3 Å². The number of benzene rings is 2. The molecule has 1 N–H and O–H groups in total. The van der Waals surface area contributed by atoms with E-state index in [1.54, 1.807) is 11.3 Å². The van der Waals surface area contributed by atoms with E-state index >= 15 is 0 Å². The summed E-state index contributed by atoms with van der Waals surface area (Å²) in [6.07, 6.45) is 1.93. The van der Waals surface area contributed by atoms with Crippen LogP contribution in [-0.2, 0) is 0 Å². The minimum absolute atomic E-state index is 0.314. The van der Waals surface area contributed by atoms with Gasteiger partial charge in [0.05, 0.1) is 10.2 Å². The van der Waals surface area contributed by atoms with Crippen LogP contribution in [0.3, 0.4) is 0 Å². The van der Waals surface area contributed by atoms with Crippen molar-refractivity contribution in [3.05, 3.63) is 59.1 Å². The molecule has 2 heterocycles. The van der Waals surface area contributed by atoms with Gasteiger partial charge >= 0.3 is 0 Å². The molecule has 0 amide bonds. The molecule has 0 saturated carbocycles. The van der Waals surface area contributed by atoms with E-state index in [1.807, 2.05) is 19.2 Å². The summed E-state index contributed by atoms with van der Waals surface area (Å²) in [7, 11) is 4.20. The van der Waals surface area contributed by atoms with E-state index in [2.05, 4.69) is 66.6 Å². The van der Waals surface area contributed by atoms with Gasteiger partial charge < -0.3 is 10.0 Å². The minimum Gasteiger partial charge on any atom is -0.507 e. The average Bonchev–Trinajstić information content (AvgIpc) is 3.10. The van der Waals surface area contributed by atoms with Crippen LogP contribution in [0, 0.1) is 6.92 Å². The molecular formula is C23H24N2OS. The fourth-order valence-electron chi connectivity index (χ4n) is 3.89. The van der Waals surface area contributed by atoms with Gasteiger partial charge in [-0.1, -0.05) is 31.2 Å². The van der Waals surface area contributed by atoms with E-state index in [9.17, 15) is 5.11 Å². The molecule has 0 aliphatic rings. The van der Waals surface area contributed by atoms with Crippen molar-refractivity contribution in [3.63, 3.8) is 0 Å². The van der Waals surface area contributed by atoms with Crippen LogP contribution in [-0.4, -0.2) is 35.6 Å². The van der Waals surface area contributed by atoms with Crippen molar-refractivity contribution in [2.45, 2.75) is 19.8 Å². The molecule has 0 bridgehead atoms. The number of aromatic nitrogens is 1. The molecular weight excluding hydrogens is 352 g/mol. The van der Waals surface area contributed by atoms with Gasteiger partial charge in [0.25, 0.3) is 0 Å². The molecule has 0 spiro atoms. The Bertz CT molecular complexity index is 1110. The average molecular weight is 377 g/mol. The number of aromatic hydroxyl groups is 1. The molecule has 0 unspecified atom stereocenters. The van der Waals surface area contributed by atoms with Gasteiger partial charge in [-0.15, -0.1) is 11.3 Å². The SMILES string of the molecule is Cc1cc(O)c(-c2ccc([C@H](C)CN(C)C)cc2)c2c1ncc1sccc12. The number of phenolic OH excluding ortho intramolecular Hbond substituents is 1. The number of phenols is 1. The van der Waals surface area contributed by atoms with Gasteiger partial charge in [0.1, 0.15) is 5.75 Å². The van der Waals surface area contributed by atoms with Crippen molar-refractivity contribution in [1.82, 2.24) is 9.88 Å². The largest absolute Gasteiger partial charge is 0.507 e. The third kappa shape index (κ3) is 3.20. The lowest BCUT2D eigenvalue weighted by molar-refractivity contribution is 0.383. The first-order valence-electron chi connectivity index (χ1n) is 9.19. The van der Waals surface area contributed by atoms with Crippen LogP contribution in [0.25, 0.3) is 32.1 Å². The second kappa shape index (κ2) is 6.95. The third-order valence-electron chi connectivity index (χ3n) is 5.15. The van der Waals surface area contributed by atoms with Gasteiger partial charge in [0.15, 0.2) is 0 Å². The number of hydrogen-bond acceptors (Lipinski definition) is 4. The van der Waals surface area contributed by atoms with E-state index in [0.29, 0.717) is 11.7 Å². The smallest absolute Gasteiger partial charge is 0.124 e. The van der Waals surface area contributed by atoms with Gasteiger partial charge in [0.2, 0.25) is 0 Å². The van der Waals surface area contributed by atoms with Gasteiger partial charge in [-0.25, -0.2) is 0 Å². The molecule has 0 aliphatic carbocycles. The molecule has 4 aromatic rings. The minimum atomic E-state index is 0.314. The van der Waals surface area contributed by atoms with Crippen molar-refractivity contribution >= 4 is 32.3 Å². The van der Waals surface area contributed by atoms with E-state index in [4.69, 9.17) is 0 Å². The van der Waals surface area contributed by atoms with Crippen LogP contribution in [0.4, 0.5) is 0 Å². The predicted molar refractivity (Wildman–Crippen MR) is 116 cm³/mol. The Morgan fingerprint density at radius 2 is 1.89 bits per heavy atom. The second-order valence-electron chi connectivity index (χ2n) is 7.55. The van der Waals surface area contributed by atoms with E-state index < -0.39 is 0 Å². The van der Waals surface area contributed by atoms with Crippen molar-refractivity contribution in [2.24, 2.45) is 0 Å². The van der Waals surface area contributed by atoms with Crippen LogP contribution in [0.15, 0.2) is 48.0 Å². The molecule has 3 nitrogen and oxygen atoms in total. The lowest BCUT2D eigenvalue weighted by atomic mass is 9.93. The molecule has 4 heteroatoms. The fourth-order valence-corrected chi connectivity index (χ4v) is 4.65. The molecule has 0 aliphatic heterocycles. The Balaban J connectivity index is 1.90. The summed E-state index contributed by atoms with van der Waals surface area (Å²) in [6.45, 7) is 5.26. The van der Waals surface area contributed by atoms with Crippen LogP contribution in [0.5, 0.6) is 5.75 Å². The summed E-state index contributed by atoms with van der Waals surface area (Å²) in [6, 6.07) is 12.5. The first-order chi connectivity index (χ1) is 13.0. The zero-order valence-corrected chi connectivity index (χ0v) is 17.0. The molecule has 27 heavy (non-hydrogen) atoms. The molecule has 2 aromatic carbocycles. The quantitative estimate of drug-likeness (QED) is 0.489. The summed E-state index contributed by atoms with van der Waals surface area (Å²) in [5, 5.41) is 15.1. The molecule has 0 fully saturated rings. The predicted octanol–water partition coefficient (Wildman–Crippen LogP) is 5.80. The second-order valence-corrected chi connectivity index (χ2v) is 8.50. The van der Waals surface area contributed by atoms with Crippen molar-refractivity contribution in [3.8, 4) is 16.9 Å². The Morgan fingerprint density at radius 1 is 1.15 bits per heavy atom. The maximum Gasteiger partial charge on any atom is 0.124 e. The van der Waals surface area contributed by atoms with Crippen molar-refractivity contribution in [1.29, 1.82) is 0 Å². The van der Waals surface area contributed by atoms with E-state index in [0.717, 1.165) is 44.2 Å². The van der Waals surface area contributed by atoms with Crippen LogP contribution < -0.4 is 0 Å². The molecule has 4 rings (SSSR count). The highest BCUT2D eigenvalue weighted by Gasteiger charge is 2.16. The molecule has 2 aromatic heterocycles.